The van der Waals surface area contributed by atoms with Gasteiger partial charge in [0.25, 0.3) is 0 Å². The highest BCUT2D eigenvalue weighted by Gasteiger charge is 2.29. The summed E-state index contributed by atoms with van der Waals surface area (Å²) in [6.45, 7) is 2.56. The molecule has 1 saturated heterocycles. The molecular formula is C17H20F2N2O2. The van der Waals surface area contributed by atoms with E-state index in [9.17, 15) is 18.8 Å². The molecule has 1 N–H and O–H groups in total. The van der Waals surface area contributed by atoms with Crippen LogP contribution in [0.2, 0.25) is 0 Å². The first-order valence-corrected chi connectivity index (χ1v) is 7.81. The number of nitrogens with one attached hydrogen (secondary N) is 1. The fraction of sp³-hybridized carbons (Fsp3) is 0.529. The Morgan fingerprint density at radius 3 is 2.96 bits per heavy atom. The van der Waals surface area contributed by atoms with E-state index < -0.39 is 17.7 Å². The number of halogens is 2. The molecule has 0 spiro atoms. The number of nitrogens with zero attached hydrogens (tertiary/aromatic N) is 1. The van der Waals surface area contributed by atoms with Gasteiger partial charge in [-0.3, -0.25) is 4.79 Å². The first kappa shape index (κ1) is 17.4. The molecular weight excluding hydrogens is 302 g/mol. The first-order chi connectivity index (χ1) is 11.0. The summed E-state index contributed by atoms with van der Waals surface area (Å²) in [5.41, 5.74) is -0.0283. The van der Waals surface area contributed by atoms with Gasteiger partial charge in [-0.25, -0.2) is 8.78 Å². The van der Waals surface area contributed by atoms with Crippen molar-refractivity contribution in [3.05, 3.63) is 35.4 Å². The summed E-state index contributed by atoms with van der Waals surface area (Å²) in [5, 5.41) is 11.8. The SMILES string of the molecule is CCC[C@@H]1C[C@H](C(=O)N[C@@H](C#N)c2ccc(F)cc2F)CCO1. The molecule has 1 aliphatic rings. The van der Waals surface area contributed by atoms with E-state index in [4.69, 9.17) is 4.74 Å². The van der Waals surface area contributed by atoms with Gasteiger partial charge in [0.15, 0.2) is 0 Å². The van der Waals surface area contributed by atoms with Crippen LogP contribution in [0.3, 0.4) is 0 Å². The highest BCUT2D eigenvalue weighted by Crippen LogP contribution is 2.25. The summed E-state index contributed by atoms with van der Waals surface area (Å²) in [6, 6.07) is 3.69. The Morgan fingerprint density at radius 2 is 2.30 bits per heavy atom. The molecule has 1 aromatic carbocycles. The normalized spacial score (nSPS) is 22.2. The highest BCUT2D eigenvalue weighted by atomic mass is 19.1. The highest BCUT2D eigenvalue weighted by molar-refractivity contribution is 5.79. The maximum Gasteiger partial charge on any atom is 0.224 e. The Bertz CT molecular complexity index is 599. The zero-order valence-corrected chi connectivity index (χ0v) is 13.0. The van der Waals surface area contributed by atoms with Crippen molar-refractivity contribution in [1.29, 1.82) is 5.26 Å². The van der Waals surface area contributed by atoms with Gasteiger partial charge in [0, 0.05) is 24.2 Å². The molecule has 1 heterocycles. The van der Waals surface area contributed by atoms with Crippen LogP contribution in [0.4, 0.5) is 8.78 Å². The van der Waals surface area contributed by atoms with Crippen molar-refractivity contribution in [3.63, 3.8) is 0 Å². The topological polar surface area (TPSA) is 62.1 Å². The van der Waals surface area contributed by atoms with Gasteiger partial charge < -0.3 is 10.1 Å². The minimum absolute atomic E-state index is 0.0283. The molecule has 3 atom stereocenters. The van der Waals surface area contributed by atoms with E-state index in [-0.39, 0.29) is 23.5 Å². The summed E-state index contributed by atoms with van der Waals surface area (Å²) in [5.74, 6) is -2.10. The quantitative estimate of drug-likeness (QED) is 0.905. The monoisotopic (exact) mass is 322 g/mol. The van der Waals surface area contributed by atoms with Crippen LogP contribution in [-0.2, 0) is 9.53 Å². The van der Waals surface area contributed by atoms with Crippen LogP contribution in [0.15, 0.2) is 18.2 Å². The van der Waals surface area contributed by atoms with Crippen LogP contribution < -0.4 is 5.32 Å². The number of carbonyl (C=O) groups is 1. The Morgan fingerprint density at radius 1 is 1.52 bits per heavy atom. The average Bonchev–Trinajstić information content (AvgIpc) is 2.53. The summed E-state index contributed by atoms with van der Waals surface area (Å²) < 4.78 is 32.3. The predicted molar refractivity (Wildman–Crippen MR) is 80.2 cm³/mol. The molecule has 6 heteroatoms. The third kappa shape index (κ3) is 4.49. The van der Waals surface area contributed by atoms with Crippen molar-refractivity contribution < 1.29 is 18.3 Å². The van der Waals surface area contributed by atoms with Gasteiger partial charge in [-0.05, 0) is 25.3 Å². The maximum absolute atomic E-state index is 13.8. The van der Waals surface area contributed by atoms with Gasteiger partial charge in [-0.2, -0.15) is 5.26 Å². The number of amides is 1. The minimum Gasteiger partial charge on any atom is -0.378 e. The van der Waals surface area contributed by atoms with E-state index in [0.717, 1.165) is 18.9 Å². The molecule has 0 saturated carbocycles. The van der Waals surface area contributed by atoms with Gasteiger partial charge in [0.2, 0.25) is 5.91 Å². The van der Waals surface area contributed by atoms with Crippen LogP contribution in [0.25, 0.3) is 0 Å². The second-order valence-electron chi connectivity index (χ2n) is 5.74. The molecule has 0 bridgehead atoms. The Labute approximate surface area is 134 Å². The molecule has 124 valence electrons. The number of nitriles is 1. The molecule has 1 aliphatic heterocycles. The molecule has 1 aromatic rings. The van der Waals surface area contributed by atoms with Crippen LogP contribution in [0.5, 0.6) is 0 Å². The zero-order valence-electron chi connectivity index (χ0n) is 13.0. The number of ether oxygens (including phenoxy) is 1. The second-order valence-corrected chi connectivity index (χ2v) is 5.74. The van der Waals surface area contributed by atoms with Crippen LogP contribution in [0.1, 0.15) is 44.2 Å². The number of carbonyl (C=O) groups excluding carboxylic acids is 1. The van der Waals surface area contributed by atoms with Gasteiger partial charge >= 0.3 is 0 Å². The number of benzene rings is 1. The third-order valence-corrected chi connectivity index (χ3v) is 4.04. The number of hydrogen-bond acceptors (Lipinski definition) is 3. The van der Waals surface area contributed by atoms with Crippen molar-refractivity contribution in [2.75, 3.05) is 6.61 Å². The molecule has 0 aliphatic carbocycles. The summed E-state index contributed by atoms with van der Waals surface area (Å²) in [6.07, 6.45) is 3.09. The van der Waals surface area contributed by atoms with Crippen LogP contribution >= 0.6 is 0 Å². The van der Waals surface area contributed by atoms with E-state index in [1.54, 1.807) is 0 Å². The summed E-state index contributed by atoms with van der Waals surface area (Å²) in [4.78, 5) is 12.4. The Balaban J connectivity index is 2.03. The van der Waals surface area contributed by atoms with E-state index in [1.807, 2.05) is 6.07 Å². The maximum atomic E-state index is 13.8. The molecule has 0 radical (unpaired) electrons. The van der Waals surface area contributed by atoms with E-state index in [2.05, 4.69) is 12.2 Å². The second kappa shape index (κ2) is 8.02. The fourth-order valence-corrected chi connectivity index (χ4v) is 2.82. The standard InChI is InChI=1S/C17H20F2N2O2/c1-2-3-13-8-11(6-7-23-13)17(22)21-16(10-20)14-5-4-12(18)9-15(14)19/h4-5,9,11,13,16H,2-3,6-8H2,1H3,(H,21,22)/t11-,13-,16+/m1/s1. The largest absolute Gasteiger partial charge is 0.378 e. The van der Waals surface area contributed by atoms with Crippen LogP contribution in [-0.4, -0.2) is 18.6 Å². The van der Waals surface area contributed by atoms with Crippen molar-refractivity contribution in [2.24, 2.45) is 5.92 Å². The molecule has 1 amide bonds. The van der Waals surface area contributed by atoms with E-state index >= 15 is 0 Å². The molecule has 4 nitrogen and oxygen atoms in total. The lowest BCUT2D eigenvalue weighted by molar-refractivity contribution is -0.130. The summed E-state index contributed by atoms with van der Waals surface area (Å²) >= 11 is 0. The smallest absolute Gasteiger partial charge is 0.224 e. The Kier molecular flexibility index (Phi) is 6.05. The lowest BCUT2D eigenvalue weighted by atomic mass is 9.92. The van der Waals surface area contributed by atoms with Gasteiger partial charge in [-0.1, -0.05) is 19.4 Å². The number of hydrogen-bond donors (Lipinski definition) is 1. The Hall–Kier alpha value is -2.00. The van der Waals surface area contributed by atoms with E-state index in [0.29, 0.717) is 25.5 Å². The minimum atomic E-state index is -1.13. The van der Waals surface area contributed by atoms with Gasteiger partial charge in [-0.15, -0.1) is 0 Å². The fourth-order valence-electron chi connectivity index (χ4n) is 2.82. The van der Waals surface area contributed by atoms with Crippen molar-refractivity contribution >= 4 is 5.91 Å². The molecule has 1 fully saturated rings. The van der Waals surface area contributed by atoms with Gasteiger partial charge in [0.1, 0.15) is 17.7 Å². The molecule has 0 unspecified atom stereocenters. The van der Waals surface area contributed by atoms with Crippen molar-refractivity contribution in [2.45, 2.75) is 44.8 Å². The first-order valence-electron chi connectivity index (χ1n) is 7.81. The lowest BCUT2D eigenvalue weighted by Crippen LogP contribution is -2.39. The molecule has 23 heavy (non-hydrogen) atoms. The van der Waals surface area contributed by atoms with Crippen LogP contribution in [0, 0.1) is 28.9 Å². The zero-order chi connectivity index (χ0) is 16.8. The van der Waals surface area contributed by atoms with Crippen molar-refractivity contribution in [3.8, 4) is 6.07 Å². The average molecular weight is 322 g/mol. The molecule has 2 rings (SSSR count). The van der Waals surface area contributed by atoms with Crippen molar-refractivity contribution in [1.82, 2.24) is 5.32 Å². The third-order valence-electron chi connectivity index (χ3n) is 4.04. The predicted octanol–water partition coefficient (Wildman–Crippen LogP) is 3.24. The lowest BCUT2D eigenvalue weighted by Gasteiger charge is -2.29. The van der Waals surface area contributed by atoms with E-state index in [1.165, 1.54) is 6.07 Å². The molecule has 0 aromatic heterocycles. The number of rotatable bonds is 5. The van der Waals surface area contributed by atoms with Gasteiger partial charge in [0.05, 0.1) is 12.2 Å². The summed E-state index contributed by atoms with van der Waals surface area (Å²) in [7, 11) is 0.